The fourth-order valence-electron chi connectivity index (χ4n) is 2.47. The number of nitrogens with one attached hydrogen (secondary N) is 1. The van der Waals surface area contributed by atoms with E-state index in [9.17, 15) is 0 Å². The summed E-state index contributed by atoms with van der Waals surface area (Å²) >= 11 is 0. The van der Waals surface area contributed by atoms with Gasteiger partial charge in [-0.1, -0.05) is 0 Å². The van der Waals surface area contributed by atoms with Crippen LogP contribution < -0.4 is 15.8 Å². The highest BCUT2D eigenvalue weighted by Crippen LogP contribution is 2.21. The second-order valence-corrected chi connectivity index (χ2v) is 5.19. The van der Waals surface area contributed by atoms with Crippen LogP contribution in [0.2, 0.25) is 0 Å². The van der Waals surface area contributed by atoms with Crippen LogP contribution in [-0.4, -0.2) is 42.4 Å². The molecule has 0 radical (unpaired) electrons. The molecule has 0 saturated heterocycles. The molecule has 0 unspecified atom stereocenters. The SMILES string of the molecule is COc1ncnc(NCCOC2CCC(N)CC2)c1C. The third-order valence-corrected chi connectivity index (χ3v) is 3.70. The monoisotopic (exact) mass is 280 g/mol. The number of aromatic nitrogens is 2. The summed E-state index contributed by atoms with van der Waals surface area (Å²) in [7, 11) is 1.61. The van der Waals surface area contributed by atoms with Crippen molar-refractivity contribution < 1.29 is 9.47 Å². The minimum atomic E-state index is 0.359. The van der Waals surface area contributed by atoms with Gasteiger partial charge in [-0.05, 0) is 32.6 Å². The first-order chi connectivity index (χ1) is 9.70. The number of ether oxygens (including phenoxy) is 2. The van der Waals surface area contributed by atoms with Crippen molar-refractivity contribution in [1.82, 2.24) is 9.97 Å². The summed E-state index contributed by atoms with van der Waals surface area (Å²) in [4.78, 5) is 8.26. The summed E-state index contributed by atoms with van der Waals surface area (Å²) in [5, 5.41) is 3.26. The molecule has 0 amide bonds. The Morgan fingerprint density at radius 3 is 2.75 bits per heavy atom. The van der Waals surface area contributed by atoms with E-state index < -0.39 is 0 Å². The molecule has 1 saturated carbocycles. The lowest BCUT2D eigenvalue weighted by Crippen LogP contribution is -2.31. The van der Waals surface area contributed by atoms with Crippen LogP contribution in [0.15, 0.2) is 6.33 Å². The molecule has 112 valence electrons. The quantitative estimate of drug-likeness (QED) is 0.768. The third kappa shape index (κ3) is 4.05. The van der Waals surface area contributed by atoms with Crippen molar-refractivity contribution in [1.29, 1.82) is 0 Å². The maximum Gasteiger partial charge on any atom is 0.221 e. The molecule has 0 bridgehead atoms. The van der Waals surface area contributed by atoms with Crippen molar-refractivity contribution in [3.8, 4) is 5.88 Å². The molecular weight excluding hydrogens is 256 g/mol. The predicted molar refractivity (Wildman–Crippen MR) is 78.0 cm³/mol. The van der Waals surface area contributed by atoms with Crippen LogP contribution >= 0.6 is 0 Å². The van der Waals surface area contributed by atoms with Crippen molar-refractivity contribution in [3.05, 3.63) is 11.9 Å². The number of methoxy groups -OCH3 is 1. The van der Waals surface area contributed by atoms with Crippen molar-refractivity contribution in [3.63, 3.8) is 0 Å². The van der Waals surface area contributed by atoms with Crippen LogP contribution in [0.3, 0.4) is 0 Å². The van der Waals surface area contributed by atoms with Gasteiger partial charge in [-0.2, -0.15) is 0 Å². The zero-order chi connectivity index (χ0) is 14.4. The second-order valence-electron chi connectivity index (χ2n) is 5.19. The normalized spacial score (nSPS) is 22.6. The highest BCUT2D eigenvalue weighted by molar-refractivity contribution is 5.47. The summed E-state index contributed by atoms with van der Waals surface area (Å²) in [6.45, 7) is 3.33. The number of hydrogen-bond acceptors (Lipinski definition) is 6. The minimum Gasteiger partial charge on any atom is -0.481 e. The Hall–Kier alpha value is -1.40. The largest absolute Gasteiger partial charge is 0.481 e. The molecule has 20 heavy (non-hydrogen) atoms. The van der Waals surface area contributed by atoms with Crippen molar-refractivity contribution in [2.45, 2.75) is 44.8 Å². The molecule has 0 aliphatic heterocycles. The maximum atomic E-state index is 5.88. The van der Waals surface area contributed by atoms with Gasteiger partial charge >= 0.3 is 0 Å². The van der Waals surface area contributed by atoms with E-state index in [2.05, 4.69) is 15.3 Å². The van der Waals surface area contributed by atoms with Crippen LogP contribution in [0.25, 0.3) is 0 Å². The van der Waals surface area contributed by atoms with Crippen LogP contribution in [0, 0.1) is 6.92 Å². The van der Waals surface area contributed by atoms with Gasteiger partial charge in [0.05, 0.1) is 25.4 Å². The van der Waals surface area contributed by atoms with Gasteiger partial charge in [-0.25, -0.2) is 9.97 Å². The number of anilines is 1. The number of rotatable bonds is 6. The zero-order valence-corrected chi connectivity index (χ0v) is 12.3. The summed E-state index contributed by atoms with van der Waals surface area (Å²) in [5.74, 6) is 1.40. The molecule has 2 rings (SSSR count). The molecule has 0 atom stereocenters. The van der Waals surface area contributed by atoms with Crippen LogP contribution in [0.1, 0.15) is 31.2 Å². The lowest BCUT2D eigenvalue weighted by molar-refractivity contribution is 0.0313. The zero-order valence-electron chi connectivity index (χ0n) is 12.3. The van der Waals surface area contributed by atoms with E-state index in [1.807, 2.05) is 6.92 Å². The topological polar surface area (TPSA) is 82.3 Å². The molecule has 3 N–H and O–H groups in total. The molecular formula is C14H24N4O2. The van der Waals surface area contributed by atoms with E-state index >= 15 is 0 Å². The molecule has 1 aromatic rings. The van der Waals surface area contributed by atoms with Crippen LogP contribution in [0.4, 0.5) is 5.82 Å². The fraction of sp³-hybridized carbons (Fsp3) is 0.714. The average Bonchev–Trinajstić information content (AvgIpc) is 2.47. The van der Waals surface area contributed by atoms with E-state index in [-0.39, 0.29) is 0 Å². The van der Waals surface area contributed by atoms with Gasteiger partial charge in [0, 0.05) is 12.6 Å². The Bertz CT molecular complexity index is 420. The van der Waals surface area contributed by atoms with Crippen molar-refractivity contribution in [2.75, 3.05) is 25.6 Å². The smallest absolute Gasteiger partial charge is 0.221 e. The van der Waals surface area contributed by atoms with Gasteiger partial charge in [0.15, 0.2) is 0 Å². The lowest BCUT2D eigenvalue weighted by atomic mass is 9.94. The average molecular weight is 280 g/mol. The molecule has 1 fully saturated rings. The van der Waals surface area contributed by atoms with Gasteiger partial charge in [-0.15, -0.1) is 0 Å². The second kappa shape index (κ2) is 7.40. The van der Waals surface area contributed by atoms with E-state index in [1.54, 1.807) is 7.11 Å². The summed E-state index contributed by atoms with van der Waals surface area (Å²) < 4.78 is 11.0. The Morgan fingerprint density at radius 2 is 2.05 bits per heavy atom. The molecule has 1 aliphatic carbocycles. The predicted octanol–water partition coefficient (Wildman–Crippen LogP) is 1.49. The van der Waals surface area contributed by atoms with E-state index in [1.165, 1.54) is 6.33 Å². The summed E-state index contributed by atoms with van der Waals surface area (Å²) in [5.41, 5.74) is 6.79. The number of nitrogens with two attached hydrogens (primary N) is 1. The molecule has 0 aromatic carbocycles. The Kier molecular flexibility index (Phi) is 5.55. The van der Waals surface area contributed by atoms with Gasteiger partial charge in [0.2, 0.25) is 5.88 Å². The Labute approximate surface area is 120 Å². The minimum absolute atomic E-state index is 0.359. The third-order valence-electron chi connectivity index (χ3n) is 3.70. The van der Waals surface area contributed by atoms with E-state index in [0.29, 0.717) is 24.6 Å². The van der Waals surface area contributed by atoms with Gasteiger partial charge in [-0.3, -0.25) is 0 Å². The van der Waals surface area contributed by atoms with Crippen LogP contribution in [0.5, 0.6) is 5.88 Å². The molecule has 6 heteroatoms. The standard InChI is InChI=1S/C14H24N4O2/c1-10-13(17-9-18-14(10)19-2)16-7-8-20-12-5-3-11(15)4-6-12/h9,11-12H,3-8,15H2,1-2H3,(H,16,17,18). The fourth-order valence-corrected chi connectivity index (χ4v) is 2.47. The highest BCUT2D eigenvalue weighted by Gasteiger charge is 2.18. The van der Waals surface area contributed by atoms with Crippen molar-refractivity contribution in [2.24, 2.45) is 5.73 Å². The van der Waals surface area contributed by atoms with Gasteiger partial charge in [0.25, 0.3) is 0 Å². The number of nitrogens with zero attached hydrogens (tertiary/aromatic N) is 2. The maximum absolute atomic E-state index is 5.88. The molecule has 0 spiro atoms. The first kappa shape index (κ1) is 15.0. The van der Waals surface area contributed by atoms with E-state index in [4.69, 9.17) is 15.2 Å². The van der Waals surface area contributed by atoms with Crippen molar-refractivity contribution >= 4 is 5.82 Å². The highest BCUT2D eigenvalue weighted by atomic mass is 16.5. The molecule has 1 heterocycles. The lowest BCUT2D eigenvalue weighted by Gasteiger charge is -2.26. The first-order valence-corrected chi connectivity index (χ1v) is 7.17. The Balaban J connectivity index is 1.71. The van der Waals surface area contributed by atoms with Crippen LogP contribution in [-0.2, 0) is 4.74 Å². The summed E-state index contributed by atoms with van der Waals surface area (Å²) in [6, 6.07) is 0.365. The van der Waals surface area contributed by atoms with Gasteiger partial charge in [0.1, 0.15) is 12.1 Å². The Morgan fingerprint density at radius 1 is 1.30 bits per heavy atom. The number of hydrogen-bond donors (Lipinski definition) is 2. The molecule has 1 aliphatic rings. The first-order valence-electron chi connectivity index (χ1n) is 7.17. The molecule has 6 nitrogen and oxygen atoms in total. The molecule has 1 aromatic heterocycles. The van der Waals surface area contributed by atoms with Gasteiger partial charge < -0.3 is 20.5 Å². The summed E-state index contributed by atoms with van der Waals surface area (Å²) in [6.07, 6.45) is 6.14. The van der Waals surface area contributed by atoms with E-state index in [0.717, 1.165) is 43.6 Å².